The first-order valence-electron chi connectivity index (χ1n) is 8.29. The minimum Gasteiger partial charge on any atom is -0.495 e. The van der Waals surface area contributed by atoms with Crippen LogP contribution >= 0.6 is 11.6 Å². The van der Waals surface area contributed by atoms with Gasteiger partial charge in [-0.15, -0.1) is 0 Å². The van der Waals surface area contributed by atoms with Crippen LogP contribution in [0.2, 0.25) is 5.02 Å². The molecule has 3 aromatic rings. The number of anilines is 3. The van der Waals surface area contributed by atoms with Crippen molar-refractivity contribution in [2.24, 2.45) is 0 Å². The quantitative estimate of drug-likeness (QED) is 0.665. The van der Waals surface area contributed by atoms with Crippen LogP contribution in [0.4, 0.5) is 17.3 Å². The van der Waals surface area contributed by atoms with Gasteiger partial charge in [-0.25, -0.2) is 9.97 Å². The Morgan fingerprint density at radius 3 is 2.59 bits per heavy atom. The predicted molar refractivity (Wildman–Crippen MR) is 107 cm³/mol. The molecule has 0 aliphatic heterocycles. The van der Waals surface area contributed by atoms with E-state index in [-0.39, 0.29) is 11.6 Å². The third-order valence-electron chi connectivity index (χ3n) is 3.87. The number of amides is 1. The summed E-state index contributed by atoms with van der Waals surface area (Å²) in [7, 11) is 1.59. The molecule has 0 saturated carbocycles. The van der Waals surface area contributed by atoms with Crippen LogP contribution in [0.25, 0.3) is 0 Å². The number of halogens is 1. The number of ether oxygens (including phenoxy) is 1. The number of hydrogen-bond acceptors (Lipinski definition) is 5. The smallest absolute Gasteiger partial charge is 0.274 e. The molecule has 0 bridgehead atoms. The third-order valence-corrected chi connectivity index (χ3v) is 4.28. The summed E-state index contributed by atoms with van der Waals surface area (Å²) < 4.78 is 5.32. The molecule has 1 aromatic heterocycles. The van der Waals surface area contributed by atoms with Crippen molar-refractivity contribution in [3.8, 4) is 5.75 Å². The van der Waals surface area contributed by atoms with E-state index in [9.17, 15) is 4.79 Å². The second-order valence-electron chi connectivity index (χ2n) is 5.96. The highest BCUT2D eigenvalue weighted by molar-refractivity contribution is 6.31. The maximum absolute atomic E-state index is 12.6. The van der Waals surface area contributed by atoms with Crippen molar-refractivity contribution >= 4 is 34.8 Å². The summed E-state index contributed by atoms with van der Waals surface area (Å²) in [5, 5.41) is 6.48. The number of aryl methyl sites for hydroxylation is 2. The molecule has 27 heavy (non-hydrogen) atoms. The molecule has 1 heterocycles. The molecule has 2 N–H and O–H groups in total. The van der Waals surface area contributed by atoms with Crippen molar-refractivity contribution < 1.29 is 9.53 Å². The maximum Gasteiger partial charge on any atom is 0.274 e. The van der Waals surface area contributed by atoms with E-state index in [1.165, 1.54) is 0 Å². The average molecular weight is 383 g/mol. The van der Waals surface area contributed by atoms with Gasteiger partial charge in [-0.1, -0.05) is 29.8 Å². The molecule has 3 rings (SSSR count). The summed E-state index contributed by atoms with van der Waals surface area (Å²) in [5.41, 5.74) is 3.16. The van der Waals surface area contributed by atoms with Crippen LogP contribution in [0.5, 0.6) is 5.75 Å². The Kier molecular flexibility index (Phi) is 5.57. The fourth-order valence-electron chi connectivity index (χ4n) is 2.47. The first-order valence-corrected chi connectivity index (χ1v) is 8.67. The van der Waals surface area contributed by atoms with Crippen molar-refractivity contribution in [3.05, 3.63) is 70.5 Å². The molecule has 0 fully saturated rings. The summed E-state index contributed by atoms with van der Waals surface area (Å²) >= 11 is 6.11. The van der Waals surface area contributed by atoms with Gasteiger partial charge in [0.2, 0.25) is 5.95 Å². The van der Waals surface area contributed by atoms with Gasteiger partial charge in [-0.05, 0) is 49.7 Å². The number of carbonyl (C=O) groups is 1. The molecule has 0 unspecified atom stereocenters. The molecular formula is C20H19ClN4O2. The minimum absolute atomic E-state index is 0.247. The van der Waals surface area contributed by atoms with Crippen molar-refractivity contribution in [3.63, 3.8) is 0 Å². The van der Waals surface area contributed by atoms with Crippen LogP contribution in [-0.2, 0) is 0 Å². The Bertz CT molecular complexity index is 991. The number of rotatable bonds is 5. The van der Waals surface area contributed by atoms with E-state index in [1.807, 2.05) is 37.3 Å². The summed E-state index contributed by atoms with van der Waals surface area (Å²) in [4.78, 5) is 21.3. The predicted octanol–water partition coefficient (Wildman–Crippen LogP) is 4.75. The molecule has 138 valence electrons. The van der Waals surface area contributed by atoms with Crippen LogP contribution in [0.1, 0.15) is 21.7 Å². The van der Waals surface area contributed by atoms with Crippen LogP contribution in [0.3, 0.4) is 0 Å². The maximum atomic E-state index is 12.6. The zero-order valence-electron chi connectivity index (χ0n) is 15.2. The lowest BCUT2D eigenvalue weighted by atomic mass is 10.2. The van der Waals surface area contributed by atoms with Gasteiger partial charge in [0.25, 0.3) is 5.91 Å². The third kappa shape index (κ3) is 4.54. The van der Waals surface area contributed by atoms with Crippen molar-refractivity contribution in [2.75, 3.05) is 17.7 Å². The van der Waals surface area contributed by atoms with Crippen molar-refractivity contribution in [1.29, 1.82) is 0 Å². The van der Waals surface area contributed by atoms with Gasteiger partial charge in [0.15, 0.2) is 0 Å². The summed E-state index contributed by atoms with van der Waals surface area (Å²) in [6, 6.07) is 14.4. The highest BCUT2D eigenvalue weighted by atomic mass is 35.5. The highest BCUT2D eigenvalue weighted by Crippen LogP contribution is 2.26. The number of nitrogens with zero attached hydrogens (tertiary/aromatic N) is 2. The van der Waals surface area contributed by atoms with Gasteiger partial charge in [-0.3, -0.25) is 4.79 Å². The van der Waals surface area contributed by atoms with Gasteiger partial charge < -0.3 is 15.4 Å². The van der Waals surface area contributed by atoms with E-state index >= 15 is 0 Å². The second kappa shape index (κ2) is 8.05. The second-order valence-corrected chi connectivity index (χ2v) is 6.37. The van der Waals surface area contributed by atoms with Gasteiger partial charge in [-0.2, -0.15) is 0 Å². The number of benzene rings is 2. The summed E-state index contributed by atoms with van der Waals surface area (Å²) in [5.74, 6) is 0.623. The first kappa shape index (κ1) is 18.7. The topological polar surface area (TPSA) is 76.1 Å². The molecular weight excluding hydrogens is 364 g/mol. The van der Waals surface area contributed by atoms with Crippen LogP contribution in [0.15, 0.2) is 48.5 Å². The lowest BCUT2D eigenvalue weighted by Crippen LogP contribution is -2.15. The monoisotopic (exact) mass is 382 g/mol. The zero-order valence-corrected chi connectivity index (χ0v) is 16.0. The zero-order chi connectivity index (χ0) is 19.4. The van der Waals surface area contributed by atoms with Crippen LogP contribution in [0, 0.1) is 13.8 Å². The molecule has 0 aliphatic rings. The Morgan fingerprint density at radius 1 is 1.07 bits per heavy atom. The Balaban J connectivity index is 1.84. The van der Waals surface area contributed by atoms with E-state index < -0.39 is 0 Å². The number of nitrogens with one attached hydrogen (secondary N) is 2. The number of carbonyl (C=O) groups excluding carboxylic acids is 1. The molecule has 0 spiro atoms. The van der Waals surface area contributed by atoms with Gasteiger partial charge in [0.05, 0.1) is 12.8 Å². The summed E-state index contributed by atoms with van der Waals surface area (Å²) in [6.07, 6.45) is 0. The lowest BCUT2D eigenvalue weighted by molar-refractivity contribution is 0.102. The van der Waals surface area contributed by atoms with Crippen LogP contribution < -0.4 is 15.4 Å². The molecule has 2 aromatic carbocycles. The number of methoxy groups -OCH3 is 1. The highest BCUT2D eigenvalue weighted by Gasteiger charge is 2.13. The van der Waals surface area contributed by atoms with Gasteiger partial charge in [0.1, 0.15) is 11.4 Å². The van der Waals surface area contributed by atoms with E-state index in [1.54, 1.807) is 32.2 Å². The van der Waals surface area contributed by atoms with E-state index in [2.05, 4.69) is 20.6 Å². The van der Waals surface area contributed by atoms with Crippen molar-refractivity contribution in [2.45, 2.75) is 13.8 Å². The molecule has 0 aliphatic carbocycles. The van der Waals surface area contributed by atoms with E-state index in [4.69, 9.17) is 16.3 Å². The van der Waals surface area contributed by atoms with Crippen LogP contribution in [-0.4, -0.2) is 23.0 Å². The Labute approximate surface area is 162 Å². The molecule has 0 atom stereocenters. The van der Waals surface area contributed by atoms with Crippen molar-refractivity contribution in [1.82, 2.24) is 9.97 Å². The Hall–Kier alpha value is -3.12. The minimum atomic E-state index is -0.344. The Morgan fingerprint density at radius 2 is 1.85 bits per heavy atom. The average Bonchev–Trinajstić information content (AvgIpc) is 2.64. The fraction of sp³-hybridized carbons (Fsp3) is 0.150. The molecule has 0 saturated heterocycles. The number of aromatic nitrogens is 2. The molecule has 6 nitrogen and oxygen atoms in total. The fourth-order valence-corrected chi connectivity index (χ4v) is 2.66. The lowest BCUT2D eigenvalue weighted by Gasteiger charge is -2.11. The van der Waals surface area contributed by atoms with E-state index in [0.717, 1.165) is 5.56 Å². The first-order chi connectivity index (χ1) is 13.0. The number of hydrogen-bond donors (Lipinski definition) is 2. The SMILES string of the molecule is COc1ccccc1Nc1nc(C)cc(C(=O)Nc2ccc(C)c(Cl)c2)n1. The van der Waals surface area contributed by atoms with E-state index in [0.29, 0.717) is 33.8 Å². The molecule has 1 amide bonds. The molecule has 7 heteroatoms. The van der Waals surface area contributed by atoms with Gasteiger partial charge >= 0.3 is 0 Å². The normalized spacial score (nSPS) is 10.4. The molecule has 0 radical (unpaired) electrons. The summed E-state index contributed by atoms with van der Waals surface area (Å²) in [6.45, 7) is 3.70. The largest absolute Gasteiger partial charge is 0.495 e. The number of para-hydroxylation sites is 2. The standard InChI is InChI=1S/C20H19ClN4O2/c1-12-8-9-14(11-15(12)21)23-19(26)17-10-13(2)22-20(25-17)24-16-6-4-5-7-18(16)27-3/h4-11H,1-3H3,(H,23,26)(H,22,24,25). The van der Waals surface area contributed by atoms with Gasteiger partial charge in [0, 0.05) is 16.4 Å².